The molecule has 1 rings (SSSR count). The van der Waals surface area contributed by atoms with Gasteiger partial charge >= 0.3 is 0 Å². The van der Waals surface area contributed by atoms with Crippen LogP contribution in [0.15, 0.2) is 17.2 Å². The SMILES string of the molecule is CCC(C)CNS(=O)(=O)c1c[nH]c(CNC(C)C)c1. The Balaban J connectivity index is 2.63. The number of sulfonamides is 1. The summed E-state index contributed by atoms with van der Waals surface area (Å²) in [6.45, 7) is 9.29. The quantitative estimate of drug-likeness (QED) is 0.683. The predicted octanol–water partition coefficient (Wildman–Crippen LogP) is 1.84. The second kappa shape index (κ2) is 7.07. The van der Waals surface area contributed by atoms with E-state index >= 15 is 0 Å². The summed E-state index contributed by atoms with van der Waals surface area (Å²) in [6.07, 6.45) is 2.50. The lowest BCUT2D eigenvalue weighted by Gasteiger charge is -2.09. The van der Waals surface area contributed by atoms with Crippen molar-refractivity contribution >= 4 is 10.0 Å². The summed E-state index contributed by atoms with van der Waals surface area (Å²) in [5.74, 6) is 0.343. The van der Waals surface area contributed by atoms with E-state index in [4.69, 9.17) is 0 Å². The zero-order chi connectivity index (χ0) is 14.5. The fourth-order valence-electron chi connectivity index (χ4n) is 1.47. The third kappa shape index (κ3) is 5.34. The largest absolute Gasteiger partial charge is 0.363 e. The van der Waals surface area contributed by atoms with Gasteiger partial charge in [0.2, 0.25) is 10.0 Å². The van der Waals surface area contributed by atoms with E-state index in [0.717, 1.165) is 12.1 Å². The molecule has 0 fully saturated rings. The normalized spacial score (nSPS) is 13.9. The van der Waals surface area contributed by atoms with Gasteiger partial charge in [0.05, 0.1) is 4.90 Å². The molecule has 0 aliphatic heterocycles. The molecule has 1 aromatic rings. The van der Waals surface area contributed by atoms with Crippen molar-refractivity contribution in [2.24, 2.45) is 5.92 Å². The van der Waals surface area contributed by atoms with Gasteiger partial charge < -0.3 is 10.3 Å². The highest BCUT2D eigenvalue weighted by atomic mass is 32.2. The number of aromatic nitrogens is 1. The minimum Gasteiger partial charge on any atom is -0.363 e. The average molecular weight is 287 g/mol. The lowest BCUT2D eigenvalue weighted by Crippen LogP contribution is -2.28. The Kier molecular flexibility index (Phi) is 6.03. The smallest absolute Gasteiger partial charge is 0.242 e. The third-order valence-electron chi connectivity index (χ3n) is 3.05. The summed E-state index contributed by atoms with van der Waals surface area (Å²) in [5.41, 5.74) is 0.873. The van der Waals surface area contributed by atoms with Crippen molar-refractivity contribution in [3.8, 4) is 0 Å². The van der Waals surface area contributed by atoms with E-state index in [-0.39, 0.29) is 0 Å². The lowest BCUT2D eigenvalue weighted by atomic mass is 10.1. The van der Waals surface area contributed by atoms with E-state index in [2.05, 4.69) is 15.0 Å². The van der Waals surface area contributed by atoms with Crippen LogP contribution in [0.25, 0.3) is 0 Å². The van der Waals surface area contributed by atoms with Crippen LogP contribution in [0.2, 0.25) is 0 Å². The van der Waals surface area contributed by atoms with Crippen LogP contribution >= 0.6 is 0 Å². The fourth-order valence-corrected chi connectivity index (χ4v) is 2.65. The Morgan fingerprint density at radius 3 is 2.58 bits per heavy atom. The molecule has 3 N–H and O–H groups in total. The van der Waals surface area contributed by atoms with Crippen molar-refractivity contribution in [1.29, 1.82) is 0 Å². The van der Waals surface area contributed by atoms with Gasteiger partial charge in [-0.1, -0.05) is 34.1 Å². The Morgan fingerprint density at radius 1 is 1.32 bits per heavy atom. The molecule has 1 heterocycles. The second-order valence-corrected chi connectivity index (χ2v) is 7.03. The molecule has 0 saturated carbocycles. The number of aromatic amines is 1. The van der Waals surface area contributed by atoms with Gasteiger partial charge in [0.25, 0.3) is 0 Å². The fraction of sp³-hybridized carbons (Fsp3) is 0.692. The average Bonchev–Trinajstić information content (AvgIpc) is 2.83. The summed E-state index contributed by atoms with van der Waals surface area (Å²) in [6, 6.07) is 2.04. The van der Waals surface area contributed by atoms with Gasteiger partial charge in [0.1, 0.15) is 0 Å². The molecule has 110 valence electrons. The van der Waals surface area contributed by atoms with E-state index in [1.54, 1.807) is 6.07 Å². The maximum atomic E-state index is 12.1. The van der Waals surface area contributed by atoms with E-state index < -0.39 is 10.0 Å². The van der Waals surface area contributed by atoms with Crippen LogP contribution in [-0.2, 0) is 16.6 Å². The van der Waals surface area contributed by atoms with Crippen LogP contribution in [0.3, 0.4) is 0 Å². The number of hydrogen-bond acceptors (Lipinski definition) is 3. The van der Waals surface area contributed by atoms with Crippen molar-refractivity contribution < 1.29 is 8.42 Å². The summed E-state index contributed by atoms with van der Waals surface area (Å²) in [5, 5.41) is 3.24. The highest BCUT2D eigenvalue weighted by Gasteiger charge is 2.16. The Hall–Kier alpha value is -0.850. The topological polar surface area (TPSA) is 74.0 Å². The molecule has 5 nitrogen and oxygen atoms in total. The first kappa shape index (κ1) is 16.2. The van der Waals surface area contributed by atoms with Gasteiger partial charge in [-0.2, -0.15) is 0 Å². The number of rotatable bonds is 8. The standard InChI is InChI=1S/C13H25N3O2S/c1-5-11(4)7-16-19(17,18)13-6-12(15-9-13)8-14-10(2)3/h6,9-11,14-16H,5,7-8H2,1-4H3. The van der Waals surface area contributed by atoms with Gasteiger partial charge in [0.15, 0.2) is 0 Å². The summed E-state index contributed by atoms with van der Waals surface area (Å²) < 4.78 is 26.7. The van der Waals surface area contributed by atoms with E-state index in [0.29, 0.717) is 29.9 Å². The van der Waals surface area contributed by atoms with Gasteiger partial charge in [-0.15, -0.1) is 0 Å². The second-order valence-electron chi connectivity index (χ2n) is 5.26. The van der Waals surface area contributed by atoms with Crippen LogP contribution in [-0.4, -0.2) is 26.0 Å². The Morgan fingerprint density at radius 2 is 2.00 bits per heavy atom. The summed E-state index contributed by atoms with van der Waals surface area (Å²) in [7, 11) is -3.39. The number of nitrogens with one attached hydrogen (secondary N) is 3. The van der Waals surface area contributed by atoms with Crippen molar-refractivity contribution in [3.05, 3.63) is 18.0 Å². The van der Waals surface area contributed by atoms with E-state index in [1.807, 2.05) is 27.7 Å². The molecule has 0 aliphatic rings. The van der Waals surface area contributed by atoms with Crippen molar-refractivity contribution in [1.82, 2.24) is 15.0 Å². The number of H-pyrrole nitrogens is 1. The minimum absolute atomic E-state index is 0.302. The summed E-state index contributed by atoms with van der Waals surface area (Å²) in [4.78, 5) is 3.29. The number of hydrogen-bond donors (Lipinski definition) is 3. The van der Waals surface area contributed by atoms with Crippen molar-refractivity contribution in [2.75, 3.05) is 6.54 Å². The van der Waals surface area contributed by atoms with Gasteiger partial charge in [0, 0.05) is 31.0 Å². The molecule has 0 aliphatic carbocycles. The van der Waals surface area contributed by atoms with Gasteiger partial charge in [-0.25, -0.2) is 13.1 Å². The first-order valence-electron chi connectivity index (χ1n) is 6.75. The third-order valence-corrected chi connectivity index (χ3v) is 4.45. The molecule has 1 unspecified atom stereocenters. The molecular formula is C13H25N3O2S. The predicted molar refractivity (Wildman–Crippen MR) is 77.4 cm³/mol. The molecule has 0 aromatic carbocycles. The molecule has 1 atom stereocenters. The van der Waals surface area contributed by atoms with Crippen LogP contribution in [0, 0.1) is 5.92 Å². The van der Waals surface area contributed by atoms with Crippen molar-refractivity contribution in [3.63, 3.8) is 0 Å². The van der Waals surface area contributed by atoms with Crippen molar-refractivity contribution in [2.45, 2.75) is 51.6 Å². The molecular weight excluding hydrogens is 262 g/mol. The molecule has 0 amide bonds. The van der Waals surface area contributed by atoms with E-state index in [9.17, 15) is 8.42 Å². The molecule has 0 bridgehead atoms. The molecule has 0 spiro atoms. The Labute approximate surface area is 116 Å². The van der Waals surface area contributed by atoms with Gasteiger partial charge in [-0.3, -0.25) is 0 Å². The lowest BCUT2D eigenvalue weighted by molar-refractivity contribution is 0.528. The first-order chi connectivity index (χ1) is 8.85. The molecule has 19 heavy (non-hydrogen) atoms. The molecule has 0 saturated heterocycles. The zero-order valence-corrected chi connectivity index (χ0v) is 13.0. The monoisotopic (exact) mass is 287 g/mol. The first-order valence-corrected chi connectivity index (χ1v) is 8.23. The van der Waals surface area contributed by atoms with Gasteiger partial charge in [-0.05, 0) is 12.0 Å². The summed E-state index contributed by atoms with van der Waals surface area (Å²) >= 11 is 0. The molecule has 1 aromatic heterocycles. The zero-order valence-electron chi connectivity index (χ0n) is 12.2. The van der Waals surface area contributed by atoms with Crippen LogP contribution in [0.1, 0.15) is 39.8 Å². The molecule has 0 radical (unpaired) electrons. The minimum atomic E-state index is -3.39. The van der Waals surface area contributed by atoms with Crippen LogP contribution in [0.5, 0.6) is 0 Å². The Bertz CT molecular complexity index is 480. The molecule has 6 heteroatoms. The highest BCUT2D eigenvalue weighted by Crippen LogP contribution is 2.11. The van der Waals surface area contributed by atoms with Crippen LogP contribution in [0.4, 0.5) is 0 Å². The van der Waals surface area contributed by atoms with Crippen LogP contribution < -0.4 is 10.0 Å². The van der Waals surface area contributed by atoms with E-state index in [1.165, 1.54) is 6.20 Å². The maximum absolute atomic E-state index is 12.1. The highest BCUT2D eigenvalue weighted by molar-refractivity contribution is 7.89. The maximum Gasteiger partial charge on any atom is 0.242 e.